The van der Waals surface area contributed by atoms with Gasteiger partial charge in [0.2, 0.25) is 10.1 Å². The van der Waals surface area contributed by atoms with Crippen LogP contribution in [0.4, 0.5) is 5.13 Å². The maximum Gasteiger partial charge on any atom is 0.214 e. The Kier molecular flexibility index (Phi) is 3.95. The van der Waals surface area contributed by atoms with Gasteiger partial charge in [0.15, 0.2) is 0 Å². The number of anilines is 1. The molecule has 7 heteroatoms. The minimum absolute atomic E-state index is 0.560. The Bertz CT molecular complexity index is 555. The highest BCUT2D eigenvalue weighted by Gasteiger charge is 2.23. The molecule has 1 aliphatic carbocycles. The minimum Gasteiger partial charge on any atom is -0.357 e. The smallest absolute Gasteiger partial charge is 0.214 e. The van der Waals surface area contributed by atoms with Crippen LogP contribution in [0.2, 0.25) is 0 Å². The molecule has 19 heavy (non-hydrogen) atoms. The Morgan fingerprint density at radius 2 is 2.11 bits per heavy atom. The number of fused-ring (bicyclic) bond motifs is 1. The molecule has 0 atom stereocenters. The topological polar surface area (TPSA) is 45.5 Å². The Balaban J connectivity index is 1.63. The largest absolute Gasteiger partial charge is 0.357 e. The lowest BCUT2D eigenvalue weighted by Crippen LogP contribution is -2.36. The highest BCUT2D eigenvalue weighted by Crippen LogP contribution is 2.27. The Morgan fingerprint density at radius 3 is 2.74 bits per heavy atom. The molecule has 3 rings (SSSR count). The van der Waals surface area contributed by atoms with E-state index >= 15 is 0 Å². The molecule has 1 fully saturated rings. The number of hydrogen-bond acceptors (Lipinski definition) is 5. The Labute approximate surface area is 130 Å². The maximum absolute atomic E-state index is 4.56. The molecule has 5 nitrogen and oxygen atoms in total. The lowest BCUT2D eigenvalue weighted by molar-refractivity contribution is 0.221. The summed E-state index contributed by atoms with van der Waals surface area (Å²) in [4.78, 5) is 7.64. The fourth-order valence-electron chi connectivity index (χ4n) is 2.64. The molecule has 0 amide bonds. The molecule has 0 bridgehead atoms. The second kappa shape index (κ2) is 5.53. The summed E-state index contributed by atoms with van der Waals surface area (Å²) < 4.78 is 2.96. The van der Waals surface area contributed by atoms with Crippen molar-refractivity contribution in [3.63, 3.8) is 0 Å². The monoisotopic (exact) mass is 391 g/mol. The van der Waals surface area contributed by atoms with Crippen molar-refractivity contribution in [2.45, 2.75) is 37.8 Å². The van der Waals surface area contributed by atoms with Gasteiger partial charge in [-0.25, -0.2) is 4.98 Å². The highest BCUT2D eigenvalue weighted by molar-refractivity contribution is 14.1. The lowest BCUT2D eigenvalue weighted by atomic mass is 9.91. The van der Waals surface area contributed by atoms with Crippen LogP contribution in [0.15, 0.2) is 6.20 Å². The number of rotatable bonds is 3. The van der Waals surface area contributed by atoms with Crippen molar-refractivity contribution in [1.29, 1.82) is 0 Å². The first-order valence-corrected chi connectivity index (χ1v) is 8.46. The molecule has 1 N–H and O–H groups in total. The van der Waals surface area contributed by atoms with Gasteiger partial charge in [-0.3, -0.25) is 0 Å². The van der Waals surface area contributed by atoms with Crippen molar-refractivity contribution in [3.8, 4) is 0 Å². The van der Waals surface area contributed by atoms with Crippen LogP contribution in [-0.4, -0.2) is 45.7 Å². The second-order valence-electron chi connectivity index (χ2n) is 5.30. The van der Waals surface area contributed by atoms with Crippen molar-refractivity contribution in [2.75, 3.05) is 19.4 Å². The number of aromatic nitrogens is 3. The zero-order valence-corrected chi connectivity index (χ0v) is 14.1. The van der Waals surface area contributed by atoms with E-state index in [1.54, 1.807) is 11.3 Å². The minimum atomic E-state index is 0.560. The van der Waals surface area contributed by atoms with Crippen molar-refractivity contribution in [1.82, 2.24) is 19.5 Å². The summed E-state index contributed by atoms with van der Waals surface area (Å²) >= 11 is 3.89. The zero-order valence-electron chi connectivity index (χ0n) is 11.1. The molecule has 0 radical (unpaired) electrons. The van der Waals surface area contributed by atoms with E-state index < -0.39 is 0 Å². The van der Waals surface area contributed by atoms with Crippen LogP contribution < -0.4 is 5.32 Å². The first kappa shape index (κ1) is 13.6. The van der Waals surface area contributed by atoms with Crippen molar-refractivity contribution in [2.24, 2.45) is 0 Å². The summed E-state index contributed by atoms with van der Waals surface area (Å²) in [5.74, 6) is 0. The molecule has 0 saturated heterocycles. The van der Waals surface area contributed by atoms with Crippen LogP contribution in [0.3, 0.4) is 0 Å². The maximum atomic E-state index is 4.56. The zero-order chi connectivity index (χ0) is 13.4. The molecule has 0 aliphatic heterocycles. The van der Waals surface area contributed by atoms with Crippen LogP contribution in [0.5, 0.6) is 0 Å². The molecule has 104 valence electrons. The fourth-order valence-corrected chi connectivity index (χ4v) is 4.13. The van der Waals surface area contributed by atoms with Gasteiger partial charge in [-0.05, 0) is 62.4 Å². The quantitative estimate of drug-likeness (QED) is 0.818. The molecule has 2 aromatic heterocycles. The van der Waals surface area contributed by atoms with Crippen molar-refractivity contribution < 1.29 is 0 Å². The van der Waals surface area contributed by atoms with Gasteiger partial charge < -0.3 is 10.2 Å². The molecule has 2 aromatic rings. The SMILES string of the molecule is CN(C)C1CCC(Nc2nn3c(I)cnc3s2)CC1. The van der Waals surface area contributed by atoms with Crippen LogP contribution in [0.25, 0.3) is 4.96 Å². The predicted molar refractivity (Wildman–Crippen MR) is 86.9 cm³/mol. The third-order valence-corrected chi connectivity index (χ3v) is 5.39. The van der Waals surface area contributed by atoms with Gasteiger partial charge in [-0.15, -0.1) is 5.10 Å². The average molecular weight is 391 g/mol. The predicted octanol–water partition coefficient (Wildman–Crippen LogP) is 2.68. The van der Waals surface area contributed by atoms with E-state index in [1.165, 1.54) is 25.7 Å². The van der Waals surface area contributed by atoms with E-state index in [9.17, 15) is 0 Å². The Hall–Kier alpha value is -0.410. The van der Waals surface area contributed by atoms with Crippen LogP contribution >= 0.6 is 33.9 Å². The summed E-state index contributed by atoms with van der Waals surface area (Å²) in [6.45, 7) is 0. The van der Waals surface area contributed by atoms with Crippen molar-refractivity contribution >= 4 is 44.0 Å². The van der Waals surface area contributed by atoms with Crippen LogP contribution in [0, 0.1) is 3.70 Å². The van der Waals surface area contributed by atoms with E-state index in [-0.39, 0.29) is 0 Å². The summed E-state index contributed by atoms with van der Waals surface area (Å²) in [5.41, 5.74) is 0. The number of halogens is 1. The third kappa shape index (κ3) is 2.87. The summed E-state index contributed by atoms with van der Waals surface area (Å²) in [7, 11) is 4.35. The van der Waals surface area contributed by atoms with Gasteiger partial charge in [0.05, 0.1) is 6.20 Å². The van der Waals surface area contributed by atoms with Gasteiger partial charge in [-0.2, -0.15) is 4.52 Å². The van der Waals surface area contributed by atoms with Gasteiger partial charge in [0.25, 0.3) is 0 Å². The number of nitrogens with one attached hydrogen (secondary N) is 1. The average Bonchev–Trinajstić information content (AvgIpc) is 2.93. The first-order valence-electron chi connectivity index (χ1n) is 6.56. The molecule has 0 aromatic carbocycles. The summed E-state index contributed by atoms with van der Waals surface area (Å²) in [6.07, 6.45) is 6.84. The van der Waals surface area contributed by atoms with E-state index in [0.717, 1.165) is 19.8 Å². The van der Waals surface area contributed by atoms with Gasteiger partial charge in [0.1, 0.15) is 3.70 Å². The summed E-state index contributed by atoms with van der Waals surface area (Å²) in [6, 6.07) is 1.30. The summed E-state index contributed by atoms with van der Waals surface area (Å²) in [5, 5.41) is 9.13. The normalized spacial score (nSPS) is 24.2. The second-order valence-corrected chi connectivity index (χ2v) is 7.36. The molecule has 1 aliphatic rings. The van der Waals surface area contributed by atoms with E-state index in [2.05, 4.69) is 57.0 Å². The van der Waals surface area contributed by atoms with Gasteiger partial charge in [-0.1, -0.05) is 11.3 Å². The molecule has 1 saturated carbocycles. The first-order chi connectivity index (χ1) is 9.13. The highest BCUT2D eigenvalue weighted by atomic mass is 127. The standard InChI is InChI=1S/C12H18IN5S/c1-17(2)9-5-3-8(4-6-9)15-11-16-18-10(13)7-14-12(18)19-11/h7-9H,3-6H2,1-2H3,(H,15,16). The molecular weight excluding hydrogens is 373 g/mol. The van der Waals surface area contributed by atoms with E-state index in [4.69, 9.17) is 0 Å². The molecule has 0 unspecified atom stereocenters. The Morgan fingerprint density at radius 1 is 1.37 bits per heavy atom. The van der Waals surface area contributed by atoms with E-state index in [1.807, 2.05) is 10.7 Å². The molecule has 0 spiro atoms. The number of nitrogens with zero attached hydrogens (tertiary/aromatic N) is 4. The third-order valence-electron chi connectivity index (χ3n) is 3.80. The van der Waals surface area contributed by atoms with Gasteiger partial charge in [0, 0.05) is 12.1 Å². The number of imidazole rings is 1. The van der Waals surface area contributed by atoms with Crippen LogP contribution in [0.1, 0.15) is 25.7 Å². The molecular formula is C12H18IN5S. The van der Waals surface area contributed by atoms with Gasteiger partial charge >= 0.3 is 0 Å². The number of hydrogen-bond donors (Lipinski definition) is 1. The van der Waals surface area contributed by atoms with Crippen LogP contribution in [-0.2, 0) is 0 Å². The van der Waals surface area contributed by atoms with E-state index in [0.29, 0.717) is 6.04 Å². The molecule has 2 heterocycles. The lowest BCUT2D eigenvalue weighted by Gasteiger charge is -2.32. The fraction of sp³-hybridized carbons (Fsp3) is 0.667. The van der Waals surface area contributed by atoms with Crippen molar-refractivity contribution in [3.05, 3.63) is 9.90 Å².